The van der Waals surface area contributed by atoms with E-state index in [4.69, 9.17) is 0 Å². The van der Waals surface area contributed by atoms with Gasteiger partial charge in [-0.15, -0.1) is 0 Å². The topological polar surface area (TPSA) is 12.9 Å². The quantitative estimate of drug-likeness (QED) is 0.268. The third kappa shape index (κ3) is 3.07. The zero-order valence-electron chi connectivity index (χ0n) is 17.6. The van der Waals surface area contributed by atoms with Gasteiger partial charge in [0.2, 0.25) is 0 Å². The van der Waals surface area contributed by atoms with Gasteiger partial charge in [-0.1, -0.05) is 103 Å². The first kappa shape index (κ1) is 18.5. The van der Waals surface area contributed by atoms with E-state index in [1.165, 1.54) is 54.9 Å². The van der Waals surface area contributed by atoms with Gasteiger partial charge in [0.25, 0.3) is 0 Å². The molecule has 0 spiro atoms. The van der Waals surface area contributed by atoms with E-state index in [0.717, 1.165) is 0 Å². The SMILES string of the molecule is c1ccc(-c2c3ccccc3c(-c3ccc(-c4ccncc4)cc3)c3ccccc23)cc1. The first-order valence-electron chi connectivity index (χ1n) is 10.9. The monoisotopic (exact) mass is 407 g/mol. The molecular weight excluding hydrogens is 386 g/mol. The maximum absolute atomic E-state index is 4.14. The lowest BCUT2D eigenvalue weighted by molar-refractivity contribution is 1.33. The molecule has 5 aromatic carbocycles. The number of fused-ring (bicyclic) bond motifs is 2. The number of hydrogen-bond donors (Lipinski definition) is 0. The summed E-state index contributed by atoms with van der Waals surface area (Å²) in [4.78, 5) is 4.14. The van der Waals surface area contributed by atoms with E-state index in [0.29, 0.717) is 0 Å². The molecule has 0 atom stereocenters. The van der Waals surface area contributed by atoms with Gasteiger partial charge >= 0.3 is 0 Å². The molecule has 0 unspecified atom stereocenters. The fourth-order valence-corrected chi connectivity index (χ4v) is 4.73. The van der Waals surface area contributed by atoms with Crippen molar-refractivity contribution in [2.75, 3.05) is 0 Å². The number of hydrogen-bond acceptors (Lipinski definition) is 1. The second-order valence-corrected chi connectivity index (χ2v) is 8.02. The Kier molecular flexibility index (Phi) is 4.51. The first-order chi connectivity index (χ1) is 15.9. The number of aromatic nitrogens is 1. The first-order valence-corrected chi connectivity index (χ1v) is 10.9. The normalized spacial score (nSPS) is 11.1. The largest absolute Gasteiger partial charge is 0.265 e. The molecule has 150 valence electrons. The number of nitrogens with zero attached hydrogens (tertiary/aromatic N) is 1. The molecule has 6 rings (SSSR count). The van der Waals surface area contributed by atoms with E-state index < -0.39 is 0 Å². The minimum absolute atomic E-state index is 1.18. The van der Waals surface area contributed by atoms with Crippen LogP contribution in [0.5, 0.6) is 0 Å². The van der Waals surface area contributed by atoms with Crippen molar-refractivity contribution in [2.24, 2.45) is 0 Å². The van der Waals surface area contributed by atoms with Gasteiger partial charge in [-0.05, 0) is 67.1 Å². The molecule has 0 aliphatic rings. The smallest absolute Gasteiger partial charge is 0.0273 e. The fourth-order valence-electron chi connectivity index (χ4n) is 4.73. The second-order valence-electron chi connectivity index (χ2n) is 8.02. The maximum Gasteiger partial charge on any atom is 0.0273 e. The second kappa shape index (κ2) is 7.79. The molecule has 1 aromatic heterocycles. The van der Waals surface area contributed by atoms with Crippen LogP contribution in [0.4, 0.5) is 0 Å². The van der Waals surface area contributed by atoms with Gasteiger partial charge in [-0.2, -0.15) is 0 Å². The van der Waals surface area contributed by atoms with Crippen LogP contribution in [0.25, 0.3) is 54.9 Å². The summed E-state index contributed by atoms with van der Waals surface area (Å²) in [7, 11) is 0. The van der Waals surface area contributed by atoms with Crippen molar-refractivity contribution < 1.29 is 0 Å². The lowest BCUT2D eigenvalue weighted by atomic mass is 9.86. The highest BCUT2D eigenvalue weighted by atomic mass is 14.6. The summed E-state index contributed by atoms with van der Waals surface area (Å²) < 4.78 is 0. The summed E-state index contributed by atoms with van der Waals surface area (Å²) in [5.41, 5.74) is 7.45. The molecule has 0 saturated carbocycles. The molecule has 0 radical (unpaired) electrons. The summed E-state index contributed by atoms with van der Waals surface area (Å²) in [6.07, 6.45) is 3.68. The lowest BCUT2D eigenvalue weighted by Gasteiger charge is -2.17. The molecule has 32 heavy (non-hydrogen) atoms. The molecule has 0 N–H and O–H groups in total. The van der Waals surface area contributed by atoms with E-state index in [9.17, 15) is 0 Å². The Balaban J connectivity index is 1.65. The Labute approximate surface area is 187 Å². The predicted octanol–water partition coefficient (Wildman–Crippen LogP) is 8.39. The maximum atomic E-state index is 4.14. The number of pyridine rings is 1. The minimum Gasteiger partial charge on any atom is -0.265 e. The third-order valence-electron chi connectivity index (χ3n) is 6.18. The molecule has 0 aliphatic heterocycles. The van der Waals surface area contributed by atoms with Crippen LogP contribution >= 0.6 is 0 Å². The summed E-state index contributed by atoms with van der Waals surface area (Å²) in [6, 6.07) is 41.3. The van der Waals surface area contributed by atoms with Gasteiger partial charge in [-0.3, -0.25) is 4.98 Å². The Hall–Kier alpha value is -4.23. The molecule has 0 saturated heterocycles. The van der Waals surface area contributed by atoms with Crippen LogP contribution in [0, 0.1) is 0 Å². The standard InChI is InChI=1S/C31H21N/c1-2-8-24(9-3-1)30-26-10-4-6-12-28(26)31(29-13-7-5-11-27(29)30)25-16-14-22(15-17-25)23-18-20-32-21-19-23/h1-21H. The Morgan fingerprint density at radius 3 is 1.19 bits per heavy atom. The van der Waals surface area contributed by atoms with Gasteiger partial charge in [0.1, 0.15) is 0 Å². The van der Waals surface area contributed by atoms with Crippen LogP contribution in [-0.4, -0.2) is 4.98 Å². The Morgan fingerprint density at radius 1 is 0.312 bits per heavy atom. The van der Waals surface area contributed by atoms with Crippen molar-refractivity contribution in [3.63, 3.8) is 0 Å². The highest BCUT2D eigenvalue weighted by Crippen LogP contribution is 2.43. The van der Waals surface area contributed by atoms with E-state index in [-0.39, 0.29) is 0 Å². The van der Waals surface area contributed by atoms with Gasteiger partial charge in [0.05, 0.1) is 0 Å². The predicted molar refractivity (Wildman–Crippen MR) is 136 cm³/mol. The number of rotatable bonds is 3. The van der Waals surface area contributed by atoms with Crippen molar-refractivity contribution in [2.45, 2.75) is 0 Å². The zero-order valence-corrected chi connectivity index (χ0v) is 17.6. The fraction of sp³-hybridized carbons (Fsp3) is 0. The van der Waals surface area contributed by atoms with Crippen molar-refractivity contribution in [1.82, 2.24) is 4.98 Å². The van der Waals surface area contributed by atoms with E-state index >= 15 is 0 Å². The van der Waals surface area contributed by atoms with Crippen LogP contribution in [0.1, 0.15) is 0 Å². The van der Waals surface area contributed by atoms with Crippen LogP contribution in [0.3, 0.4) is 0 Å². The zero-order chi connectivity index (χ0) is 21.3. The Morgan fingerprint density at radius 2 is 0.688 bits per heavy atom. The third-order valence-corrected chi connectivity index (χ3v) is 6.18. The molecular formula is C31H21N. The van der Waals surface area contributed by atoms with Gasteiger partial charge in [0.15, 0.2) is 0 Å². The molecule has 1 heteroatoms. The van der Waals surface area contributed by atoms with Crippen LogP contribution in [0.15, 0.2) is 128 Å². The van der Waals surface area contributed by atoms with E-state index in [2.05, 4.69) is 120 Å². The molecule has 0 aliphatic carbocycles. The van der Waals surface area contributed by atoms with Gasteiger partial charge in [0, 0.05) is 12.4 Å². The Bertz CT molecular complexity index is 1480. The van der Waals surface area contributed by atoms with Crippen molar-refractivity contribution in [3.8, 4) is 33.4 Å². The number of benzene rings is 5. The van der Waals surface area contributed by atoms with Crippen molar-refractivity contribution in [1.29, 1.82) is 0 Å². The highest BCUT2D eigenvalue weighted by molar-refractivity contribution is 6.21. The highest BCUT2D eigenvalue weighted by Gasteiger charge is 2.16. The molecule has 1 nitrogen and oxygen atoms in total. The van der Waals surface area contributed by atoms with Crippen molar-refractivity contribution >= 4 is 21.5 Å². The van der Waals surface area contributed by atoms with Gasteiger partial charge in [-0.25, -0.2) is 0 Å². The molecule has 0 fully saturated rings. The van der Waals surface area contributed by atoms with E-state index in [1.807, 2.05) is 12.4 Å². The average molecular weight is 408 g/mol. The van der Waals surface area contributed by atoms with Crippen LogP contribution in [0.2, 0.25) is 0 Å². The molecule has 0 bridgehead atoms. The average Bonchev–Trinajstić information content (AvgIpc) is 2.88. The van der Waals surface area contributed by atoms with Crippen LogP contribution < -0.4 is 0 Å². The molecule has 6 aromatic rings. The van der Waals surface area contributed by atoms with Crippen molar-refractivity contribution in [3.05, 3.63) is 128 Å². The molecule has 1 heterocycles. The summed E-state index contributed by atoms with van der Waals surface area (Å²) >= 11 is 0. The van der Waals surface area contributed by atoms with Gasteiger partial charge < -0.3 is 0 Å². The summed E-state index contributed by atoms with van der Waals surface area (Å²) in [6.45, 7) is 0. The lowest BCUT2D eigenvalue weighted by Crippen LogP contribution is -1.90. The van der Waals surface area contributed by atoms with E-state index in [1.54, 1.807) is 0 Å². The summed E-state index contributed by atoms with van der Waals surface area (Å²) in [5, 5.41) is 5.12. The van der Waals surface area contributed by atoms with Crippen LogP contribution in [-0.2, 0) is 0 Å². The minimum atomic E-state index is 1.18. The molecule has 0 amide bonds. The summed E-state index contributed by atoms with van der Waals surface area (Å²) in [5.74, 6) is 0.